The third-order valence-corrected chi connectivity index (χ3v) is 9.15. The number of benzene rings is 2. The molecule has 0 atom stereocenters. The summed E-state index contributed by atoms with van der Waals surface area (Å²) in [4.78, 5) is 1.96. The van der Waals surface area contributed by atoms with Crippen LogP contribution in [0.25, 0.3) is 10.4 Å². The number of methoxy groups -OCH3 is 1. The van der Waals surface area contributed by atoms with Crippen LogP contribution < -0.4 is 4.74 Å². The van der Waals surface area contributed by atoms with Crippen molar-refractivity contribution in [3.05, 3.63) is 64.5 Å². The van der Waals surface area contributed by atoms with Gasteiger partial charge < -0.3 is 4.74 Å². The molecular formula is C23H26ClNO5S3. The molecule has 0 unspecified atom stereocenters. The van der Waals surface area contributed by atoms with Gasteiger partial charge in [-0.2, -0.15) is 4.31 Å². The van der Waals surface area contributed by atoms with Gasteiger partial charge in [0.25, 0.3) is 0 Å². The molecule has 0 bridgehead atoms. The molecule has 1 heterocycles. The zero-order valence-electron chi connectivity index (χ0n) is 18.8. The first-order valence-corrected chi connectivity index (χ1v) is 14.7. The lowest BCUT2D eigenvalue weighted by Crippen LogP contribution is -2.33. The van der Waals surface area contributed by atoms with E-state index in [0.29, 0.717) is 11.6 Å². The molecule has 0 aliphatic rings. The number of hydrogen-bond donors (Lipinski definition) is 0. The van der Waals surface area contributed by atoms with Crippen molar-refractivity contribution >= 4 is 42.8 Å². The molecule has 2 aromatic carbocycles. The second-order valence-corrected chi connectivity index (χ2v) is 13.6. The highest BCUT2D eigenvalue weighted by Gasteiger charge is 2.29. The molecule has 0 amide bonds. The van der Waals surface area contributed by atoms with Crippen LogP contribution in [0.4, 0.5) is 0 Å². The highest BCUT2D eigenvalue weighted by Crippen LogP contribution is 2.34. The van der Waals surface area contributed by atoms with Gasteiger partial charge in [0.15, 0.2) is 9.84 Å². The Labute approximate surface area is 204 Å². The van der Waals surface area contributed by atoms with Crippen molar-refractivity contribution < 1.29 is 21.6 Å². The fourth-order valence-corrected chi connectivity index (χ4v) is 7.09. The predicted octanol–water partition coefficient (Wildman–Crippen LogP) is 5.33. The Balaban J connectivity index is 1.96. The van der Waals surface area contributed by atoms with Gasteiger partial charge in [-0.1, -0.05) is 37.6 Å². The molecule has 33 heavy (non-hydrogen) atoms. The van der Waals surface area contributed by atoms with Crippen molar-refractivity contribution in [2.24, 2.45) is 5.92 Å². The molecule has 0 saturated heterocycles. The van der Waals surface area contributed by atoms with E-state index >= 15 is 0 Å². The van der Waals surface area contributed by atoms with E-state index in [1.165, 1.54) is 35.1 Å². The minimum Gasteiger partial charge on any atom is -0.495 e. The van der Waals surface area contributed by atoms with Crippen LogP contribution in [-0.2, 0) is 26.4 Å². The second-order valence-electron chi connectivity index (χ2n) is 8.05. The molecular weight excluding hydrogens is 502 g/mol. The van der Waals surface area contributed by atoms with Crippen LogP contribution in [0, 0.1) is 5.92 Å². The van der Waals surface area contributed by atoms with Gasteiger partial charge in [0.1, 0.15) is 10.6 Å². The number of halogens is 1. The molecule has 0 aliphatic carbocycles. The summed E-state index contributed by atoms with van der Waals surface area (Å²) >= 11 is 7.51. The van der Waals surface area contributed by atoms with E-state index < -0.39 is 19.9 Å². The smallest absolute Gasteiger partial charge is 0.247 e. The molecule has 0 N–H and O–H groups in total. The predicted molar refractivity (Wildman–Crippen MR) is 133 cm³/mol. The maximum atomic E-state index is 13.6. The molecule has 0 spiro atoms. The number of nitrogens with zero attached hydrogens (tertiary/aromatic N) is 1. The highest BCUT2D eigenvalue weighted by molar-refractivity contribution is 7.90. The van der Waals surface area contributed by atoms with Crippen LogP contribution in [-0.4, -0.2) is 41.1 Å². The van der Waals surface area contributed by atoms with Crippen molar-refractivity contribution in [2.45, 2.75) is 30.2 Å². The number of thiophene rings is 1. The lowest BCUT2D eigenvalue weighted by Gasteiger charge is -2.24. The van der Waals surface area contributed by atoms with E-state index in [1.54, 1.807) is 30.3 Å². The quantitative estimate of drug-likeness (QED) is 0.376. The first kappa shape index (κ1) is 25.7. The number of rotatable bonds is 9. The van der Waals surface area contributed by atoms with Crippen LogP contribution in [0.1, 0.15) is 18.7 Å². The van der Waals surface area contributed by atoms with E-state index in [0.717, 1.165) is 15.3 Å². The van der Waals surface area contributed by atoms with Crippen molar-refractivity contribution in [3.8, 4) is 16.2 Å². The minimum absolute atomic E-state index is 0.0239. The Morgan fingerprint density at radius 3 is 2.39 bits per heavy atom. The lowest BCUT2D eigenvalue weighted by atomic mass is 10.2. The van der Waals surface area contributed by atoms with Gasteiger partial charge in [0.2, 0.25) is 10.0 Å². The molecule has 0 saturated carbocycles. The Bertz CT molecular complexity index is 1350. The number of hydrogen-bond acceptors (Lipinski definition) is 6. The third kappa shape index (κ3) is 6.16. The van der Waals surface area contributed by atoms with Gasteiger partial charge in [0, 0.05) is 34.1 Å². The fraction of sp³-hybridized carbons (Fsp3) is 0.304. The Hall–Kier alpha value is -1.91. The maximum absolute atomic E-state index is 13.6. The fourth-order valence-electron chi connectivity index (χ4n) is 3.32. The topological polar surface area (TPSA) is 80.8 Å². The van der Waals surface area contributed by atoms with Gasteiger partial charge >= 0.3 is 0 Å². The SMILES string of the molecule is COc1ccc(Cl)cc1S(=O)(=O)N(Cc1ccc(-c2cccc(S(C)(=O)=O)c2)s1)CC(C)C. The lowest BCUT2D eigenvalue weighted by molar-refractivity contribution is 0.358. The zero-order chi connectivity index (χ0) is 24.4. The molecule has 1 aromatic heterocycles. The molecule has 178 valence electrons. The van der Waals surface area contributed by atoms with Gasteiger partial charge in [-0.25, -0.2) is 16.8 Å². The Morgan fingerprint density at radius 2 is 1.76 bits per heavy atom. The molecule has 0 fully saturated rings. The van der Waals surface area contributed by atoms with E-state index in [9.17, 15) is 16.8 Å². The van der Waals surface area contributed by atoms with Crippen molar-refractivity contribution in [2.75, 3.05) is 19.9 Å². The maximum Gasteiger partial charge on any atom is 0.247 e. The van der Waals surface area contributed by atoms with Crippen LogP contribution in [0.3, 0.4) is 0 Å². The van der Waals surface area contributed by atoms with E-state index in [-0.39, 0.29) is 28.0 Å². The van der Waals surface area contributed by atoms with Crippen LogP contribution >= 0.6 is 22.9 Å². The summed E-state index contributed by atoms with van der Waals surface area (Å²) in [5.74, 6) is 0.327. The molecule has 6 nitrogen and oxygen atoms in total. The summed E-state index contributed by atoms with van der Waals surface area (Å²) < 4.78 is 57.6. The molecule has 0 radical (unpaired) electrons. The van der Waals surface area contributed by atoms with Crippen LogP contribution in [0.2, 0.25) is 5.02 Å². The molecule has 0 aliphatic heterocycles. The van der Waals surface area contributed by atoms with Gasteiger partial charge in [0.05, 0.1) is 12.0 Å². The number of ether oxygens (including phenoxy) is 1. The summed E-state index contributed by atoms with van der Waals surface area (Å²) in [5.41, 5.74) is 0.768. The number of sulfonamides is 1. The summed E-state index contributed by atoms with van der Waals surface area (Å²) in [5, 5.41) is 0.308. The summed E-state index contributed by atoms with van der Waals surface area (Å²) in [7, 11) is -5.79. The summed E-state index contributed by atoms with van der Waals surface area (Å²) in [6, 6.07) is 15.0. The van der Waals surface area contributed by atoms with Gasteiger partial charge in [-0.05, 0) is 53.9 Å². The largest absolute Gasteiger partial charge is 0.495 e. The Morgan fingerprint density at radius 1 is 1.03 bits per heavy atom. The van der Waals surface area contributed by atoms with E-state index in [1.807, 2.05) is 32.0 Å². The molecule has 3 aromatic rings. The highest BCUT2D eigenvalue weighted by atomic mass is 35.5. The Kier molecular flexibility index (Phi) is 7.91. The zero-order valence-corrected chi connectivity index (χ0v) is 22.0. The normalized spacial score (nSPS) is 12.5. The minimum atomic E-state index is -3.89. The monoisotopic (exact) mass is 527 g/mol. The van der Waals surface area contributed by atoms with E-state index in [2.05, 4.69) is 0 Å². The molecule has 10 heteroatoms. The average molecular weight is 528 g/mol. The first-order valence-electron chi connectivity index (χ1n) is 10.1. The van der Waals surface area contributed by atoms with Crippen LogP contribution in [0.5, 0.6) is 5.75 Å². The third-order valence-electron chi connectivity index (χ3n) is 4.85. The van der Waals surface area contributed by atoms with Crippen molar-refractivity contribution in [1.29, 1.82) is 0 Å². The van der Waals surface area contributed by atoms with Crippen molar-refractivity contribution in [3.63, 3.8) is 0 Å². The van der Waals surface area contributed by atoms with Crippen molar-refractivity contribution in [1.82, 2.24) is 4.31 Å². The summed E-state index contributed by atoms with van der Waals surface area (Å²) in [6.45, 7) is 4.39. The summed E-state index contributed by atoms with van der Waals surface area (Å²) in [6.07, 6.45) is 1.17. The van der Waals surface area contributed by atoms with E-state index in [4.69, 9.17) is 16.3 Å². The van der Waals surface area contributed by atoms with Gasteiger partial charge in [-0.3, -0.25) is 0 Å². The molecule has 3 rings (SSSR count). The van der Waals surface area contributed by atoms with Gasteiger partial charge in [-0.15, -0.1) is 11.3 Å². The van der Waals surface area contributed by atoms with Crippen LogP contribution in [0.15, 0.2) is 64.4 Å². The average Bonchev–Trinajstić information content (AvgIpc) is 3.21. The number of sulfone groups is 1. The standard InChI is InChI=1S/C23H26ClNO5S3/c1-16(2)14-25(33(28,29)23-13-18(24)8-10-21(23)30-3)15-19-9-11-22(31-19)17-6-5-7-20(12-17)32(4,26)27/h5-13,16H,14-15H2,1-4H3. The first-order chi connectivity index (χ1) is 15.4. The second kappa shape index (κ2) is 10.1.